The molecule has 158 valence electrons. The highest BCUT2D eigenvalue weighted by Crippen LogP contribution is 2.20. The van der Waals surface area contributed by atoms with Gasteiger partial charge in [0.05, 0.1) is 6.54 Å². The number of amides is 1. The van der Waals surface area contributed by atoms with E-state index in [2.05, 4.69) is 15.4 Å². The van der Waals surface area contributed by atoms with Crippen LogP contribution in [0.3, 0.4) is 0 Å². The molecular weight excluding hydrogens is 406 g/mol. The summed E-state index contributed by atoms with van der Waals surface area (Å²) in [6.45, 7) is 2.41. The molecule has 2 aromatic carbocycles. The molecule has 0 aliphatic rings. The van der Waals surface area contributed by atoms with E-state index < -0.39 is 17.5 Å². The van der Waals surface area contributed by atoms with Crippen LogP contribution in [-0.2, 0) is 13.2 Å². The molecule has 0 fully saturated rings. The second-order valence-corrected chi connectivity index (χ2v) is 6.78. The largest absolute Gasteiger partial charge is 0.483 e. The summed E-state index contributed by atoms with van der Waals surface area (Å²) in [6.07, 6.45) is 1.53. The Balaban J connectivity index is 1.35. The van der Waals surface area contributed by atoms with Gasteiger partial charge in [0.2, 0.25) is 5.95 Å². The fraction of sp³-hybridized carbons (Fsp3) is 0.136. The zero-order chi connectivity index (χ0) is 21.8. The number of furan rings is 1. The second-order valence-electron chi connectivity index (χ2n) is 6.78. The molecule has 0 aliphatic heterocycles. The van der Waals surface area contributed by atoms with E-state index in [1.54, 1.807) is 4.68 Å². The van der Waals surface area contributed by atoms with Crippen molar-refractivity contribution in [3.05, 3.63) is 95.2 Å². The number of carbonyl (C=O) groups excluding carboxylic acids is 1. The highest BCUT2D eigenvalue weighted by atomic mass is 19.1. The number of nitrogens with zero attached hydrogens (tertiary/aromatic N) is 3. The molecule has 0 radical (unpaired) electrons. The molecule has 4 aromatic rings. The van der Waals surface area contributed by atoms with E-state index in [4.69, 9.17) is 9.15 Å². The number of anilines is 1. The first-order chi connectivity index (χ1) is 15.0. The van der Waals surface area contributed by atoms with Crippen LogP contribution >= 0.6 is 0 Å². The standard InChI is InChI=1S/C22H18F2N4O3/c1-14-4-2-3-5-15(14)11-28-13-25-22(27-28)26-21(29)20-9-7-17(31-20)12-30-19-8-6-16(23)10-18(19)24/h2-10,13H,11-12H2,1H3,(H,26,27,29). The third-order valence-electron chi connectivity index (χ3n) is 4.50. The molecule has 7 nitrogen and oxygen atoms in total. The Kier molecular flexibility index (Phi) is 5.74. The lowest BCUT2D eigenvalue weighted by Crippen LogP contribution is -2.12. The fourth-order valence-corrected chi connectivity index (χ4v) is 2.87. The Morgan fingerprint density at radius 3 is 2.81 bits per heavy atom. The summed E-state index contributed by atoms with van der Waals surface area (Å²) in [4.78, 5) is 16.5. The zero-order valence-corrected chi connectivity index (χ0v) is 16.5. The normalized spacial score (nSPS) is 10.8. The van der Waals surface area contributed by atoms with Gasteiger partial charge in [-0.15, -0.1) is 5.10 Å². The van der Waals surface area contributed by atoms with E-state index >= 15 is 0 Å². The number of hydrogen-bond acceptors (Lipinski definition) is 5. The summed E-state index contributed by atoms with van der Waals surface area (Å²) in [5.74, 6) is -1.71. The smallest absolute Gasteiger partial charge is 0.293 e. The van der Waals surface area contributed by atoms with Crippen molar-refractivity contribution in [2.45, 2.75) is 20.1 Å². The number of aromatic nitrogens is 3. The average molecular weight is 424 g/mol. The third kappa shape index (κ3) is 4.95. The van der Waals surface area contributed by atoms with E-state index in [0.717, 1.165) is 23.3 Å². The van der Waals surface area contributed by atoms with Crippen LogP contribution in [0.1, 0.15) is 27.4 Å². The lowest BCUT2D eigenvalue weighted by molar-refractivity contribution is 0.0991. The molecule has 2 heterocycles. The van der Waals surface area contributed by atoms with Crippen LogP contribution in [-0.4, -0.2) is 20.7 Å². The molecule has 4 rings (SSSR count). The van der Waals surface area contributed by atoms with Crippen LogP contribution < -0.4 is 10.1 Å². The van der Waals surface area contributed by atoms with Crippen molar-refractivity contribution >= 4 is 11.9 Å². The summed E-state index contributed by atoms with van der Waals surface area (Å²) in [5.41, 5.74) is 2.23. The monoisotopic (exact) mass is 424 g/mol. The van der Waals surface area contributed by atoms with Gasteiger partial charge < -0.3 is 9.15 Å². The molecule has 0 bridgehead atoms. The van der Waals surface area contributed by atoms with Crippen LogP contribution in [0.2, 0.25) is 0 Å². The maximum Gasteiger partial charge on any atom is 0.293 e. The van der Waals surface area contributed by atoms with Crippen molar-refractivity contribution in [1.29, 1.82) is 0 Å². The van der Waals surface area contributed by atoms with Gasteiger partial charge in [-0.25, -0.2) is 18.4 Å². The minimum absolute atomic E-state index is 0.0217. The fourth-order valence-electron chi connectivity index (χ4n) is 2.87. The molecule has 0 atom stereocenters. The van der Waals surface area contributed by atoms with Crippen LogP contribution in [0.15, 0.2) is 65.3 Å². The topological polar surface area (TPSA) is 82.2 Å². The Labute approximate surface area is 176 Å². The SMILES string of the molecule is Cc1ccccc1Cn1cnc(NC(=O)c2ccc(COc3ccc(F)cc3F)o2)n1. The van der Waals surface area contributed by atoms with Gasteiger partial charge >= 0.3 is 0 Å². The van der Waals surface area contributed by atoms with Crippen LogP contribution in [0.5, 0.6) is 5.75 Å². The number of aryl methyl sites for hydroxylation is 1. The minimum Gasteiger partial charge on any atom is -0.483 e. The highest BCUT2D eigenvalue weighted by molar-refractivity contribution is 6.01. The summed E-state index contributed by atoms with van der Waals surface area (Å²) in [7, 11) is 0. The average Bonchev–Trinajstić information content (AvgIpc) is 3.39. The van der Waals surface area contributed by atoms with Crippen LogP contribution in [0.4, 0.5) is 14.7 Å². The Morgan fingerprint density at radius 1 is 1.16 bits per heavy atom. The quantitative estimate of drug-likeness (QED) is 0.477. The van der Waals surface area contributed by atoms with Gasteiger partial charge in [-0.05, 0) is 42.3 Å². The predicted octanol–water partition coefficient (Wildman–Crippen LogP) is 4.34. The molecule has 0 spiro atoms. The van der Waals surface area contributed by atoms with E-state index in [1.807, 2.05) is 31.2 Å². The van der Waals surface area contributed by atoms with Crippen molar-refractivity contribution < 1.29 is 22.7 Å². The van der Waals surface area contributed by atoms with Gasteiger partial charge in [-0.1, -0.05) is 24.3 Å². The summed E-state index contributed by atoms with van der Waals surface area (Å²) in [5, 5.41) is 6.81. The molecule has 9 heteroatoms. The number of halogens is 2. The van der Waals surface area contributed by atoms with Gasteiger partial charge in [-0.3, -0.25) is 10.1 Å². The van der Waals surface area contributed by atoms with Crippen LogP contribution in [0, 0.1) is 18.6 Å². The van der Waals surface area contributed by atoms with Crippen LogP contribution in [0.25, 0.3) is 0 Å². The molecule has 0 unspecified atom stereocenters. The van der Waals surface area contributed by atoms with Gasteiger partial charge in [0.1, 0.15) is 24.5 Å². The Morgan fingerprint density at radius 2 is 2.00 bits per heavy atom. The molecule has 1 amide bonds. The van der Waals surface area contributed by atoms with Crippen molar-refractivity contribution in [2.75, 3.05) is 5.32 Å². The Hall–Kier alpha value is -4.01. The van der Waals surface area contributed by atoms with Crippen molar-refractivity contribution in [2.24, 2.45) is 0 Å². The molecule has 1 N–H and O–H groups in total. The third-order valence-corrected chi connectivity index (χ3v) is 4.50. The van der Waals surface area contributed by atoms with E-state index in [-0.39, 0.29) is 24.1 Å². The maximum atomic E-state index is 13.6. The number of nitrogens with one attached hydrogen (secondary N) is 1. The highest BCUT2D eigenvalue weighted by Gasteiger charge is 2.15. The van der Waals surface area contributed by atoms with E-state index in [0.29, 0.717) is 12.3 Å². The van der Waals surface area contributed by atoms with Gasteiger partial charge in [0, 0.05) is 6.07 Å². The summed E-state index contributed by atoms with van der Waals surface area (Å²) < 4.78 is 38.9. The predicted molar refractivity (Wildman–Crippen MR) is 108 cm³/mol. The number of ether oxygens (including phenoxy) is 1. The summed E-state index contributed by atoms with van der Waals surface area (Å²) in [6, 6.07) is 13.9. The first-order valence-electron chi connectivity index (χ1n) is 9.40. The number of hydrogen-bond donors (Lipinski definition) is 1. The molecule has 0 aliphatic carbocycles. The van der Waals surface area contributed by atoms with E-state index in [9.17, 15) is 13.6 Å². The maximum absolute atomic E-state index is 13.6. The van der Waals surface area contributed by atoms with Crippen molar-refractivity contribution in [1.82, 2.24) is 14.8 Å². The summed E-state index contributed by atoms with van der Waals surface area (Å²) >= 11 is 0. The van der Waals surface area contributed by atoms with Crippen molar-refractivity contribution in [3.63, 3.8) is 0 Å². The zero-order valence-electron chi connectivity index (χ0n) is 16.5. The molecule has 2 aromatic heterocycles. The van der Waals surface area contributed by atoms with Gasteiger partial charge in [-0.2, -0.15) is 0 Å². The van der Waals surface area contributed by atoms with Crippen molar-refractivity contribution in [3.8, 4) is 5.75 Å². The molecule has 0 saturated heterocycles. The number of carbonyl (C=O) groups is 1. The second kappa shape index (κ2) is 8.78. The first kappa shape index (κ1) is 20.3. The first-order valence-corrected chi connectivity index (χ1v) is 9.40. The molecule has 0 saturated carbocycles. The van der Waals surface area contributed by atoms with E-state index in [1.165, 1.54) is 24.5 Å². The molecule has 31 heavy (non-hydrogen) atoms. The number of rotatable bonds is 7. The van der Waals surface area contributed by atoms with Gasteiger partial charge in [0.25, 0.3) is 5.91 Å². The lowest BCUT2D eigenvalue weighted by Gasteiger charge is -2.05. The molecular formula is C22H18F2N4O3. The minimum atomic E-state index is -0.822. The number of benzene rings is 2. The Bertz CT molecular complexity index is 1220. The lowest BCUT2D eigenvalue weighted by atomic mass is 10.1. The van der Waals surface area contributed by atoms with Gasteiger partial charge in [0.15, 0.2) is 17.3 Å².